The number of carbonyl (C=O) groups excluding carboxylic acids is 1. The van der Waals surface area contributed by atoms with Crippen LogP contribution in [0.4, 0.5) is 0 Å². The van der Waals surface area contributed by atoms with Crippen molar-refractivity contribution in [2.75, 3.05) is 0 Å². The quantitative estimate of drug-likeness (QED) is 0.624. The number of hydrogen-bond donors (Lipinski definition) is 2. The number of nitrogens with zero attached hydrogens (tertiary/aromatic N) is 2. The molecule has 0 bridgehead atoms. The second-order valence-electron chi connectivity index (χ2n) is 6.80. The molecular weight excluding hydrogens is 380 g/mol. The number of aromatic amines is 1. The predicted octanol–water partition coefficient (Wildman–Crippen LogP) is 4.46. The highest BCUT2D eigenvalue weighted by atomic mass is 35.5. The number of halogens is 1. The zero-order chi connectivity index (χ0) is 18.9. The van der Waals surface area contributed by atoms with Gasteiger partial charge >= 0.3 is 0 Å². The number of carbonyl (C=O) groups is 1. The van der Waals surface area contributed by atoms with Gasteiger partial charge in [0.05, 0.1) is 5.54 Å². The van der Waals surface area contributed by atoms with Crippen molar-refractivity contribution in [2.24, 2.45) is 0 Å². The van der Waals surface area contributed by atoms with E-state index in [-0.39, 0.29) is 18.0 Å². The molecule has 1 amide bonds. The van der Waals surface area contributed by atoms with E-state index < -0.39 is 0 Å². The molecule has 0 spiro atoms. The molecule has 0 saturated heterocycles. The van der Waals surface area contributed by atoms with Gasteiger partial charge in [0, 0.05) is 10.6 Å². The second-order valence-corrected chi connectivity index (χ2v) is 7.62. The van der Waals surface area contributed by atoms with E-state index in [1.54, 1.807) is 16.7 Å². The summed E-state index contributed by atoms with van der Waals surface area (Å²) in [6, 6.07) is 17.4. The molecule has 0 radical (unpaired) electrons. The maximum Gasteiger partial charge on any atom is 0.240 e. The molecule has 5 nitrogen and oxygen atoms in total. The lowest BCUT2D eigenvalue weighted by Gasteiger charge is -2.43. The lowest BCUT2D eigenvalue weighted by Crippen LogP contribution is -2.51. The van der Waals surface area contributed by atoms with Gasteiger partial charge in [-0.15, -0.1) is 0 Å². The molecule has 0 aliphatic heterocycles. The van der Waals surface area contributed by atoms with E-state index >= 15 is 0 Å². The fraction of sp³-hybridized carbons (Fsp3) is 0.250. The standard InChI is InChI=1S/C20H19ClN4OS/c21-16-9-7-14(8-10-16)18-23-24-19(27)25(18)13-17(26)22-20(11-4-12-20)15-5-2-1-3-6-15/h1-3,5-10H,4,11-13H2,(H,22,26)(H,24,27). The van der Waals surface area contributed by atoms with Crippen LogP contribution in [0, 0.1) is 4.77 Å². The van der Waals surface area contributed by atoms with Gasteiger partial charge < -0.3 is 5.32 Å². The van der Waals surface area contributed by atoms with Crippen LogP contribution in [0.5, 0.6) is 0 Å². The van der Waals surface area contributed by atoms with Crippen molar-refractivity contribution in [2.45, 2.75) is 31.3 Å². The van der Waals surface area contributed by atoms with Gasteiger partial charge in [-0.25, -0.2) is 0 Å². The molecule has 1 heterocycles. The first kappa shape index (κ1) is 17.9. The fourth-order valence-corrected chi connectivity index (χ4v) is 3.83. The highest BCUT2D eigenvalue weighted by Gasteiger charge is 2.39. The molecule has 138 valence electrons. The summed E-state index contributed by atoms with van der Waals surface area (Å²) in [5, 5.41) is 10.9. The molecule has 0 unspecified atom stereocenters. The number of H-pyrrole nitrogens is 1. The van der Waals surface area contributed by atoms with Gasteiger partial charge in [-0.1, -0.05) is 41.9 Å². The summed E-state index contributed by atoms with van der Waals surface area (Å²) in [6.07, 6.45) is 3.00. The van der Waals surface area contributed by atoms with E-state index in [9.17, 15) is 4.79 Å². The Hall–Kier alpha value is -2.44. The minimum atomic E-state index is -0.273. The zero-order valence-electron chi connectivity index (χ0n) is 14.6. The van der Waals surface area contributed by atoms with E-state index in [0.717, 1.165) is 30.4 Å². The molecule has 2 aromatic carbocycles. The maximum absolute atomic E-state index is 12.8. The molecule has 1 aliphatic rings. The summed E-state index contributed by atoms with van der Waals surface area (Å²) < 4.78 is 2.13. The molecule has 0 atom stereocenters. The molecule has 4 rings (SSSR count). The third-order valence-corrected chi connectivity index (χ3v) is 5.64. The fourth-order valence-electron chi connectivity index (χ4n) is 3.51. The lowest BCUT2D eigenvalue weighted by atomic mass is 9.72. The summed E-state index contributed by atoms with van der Waals surface area (Å²) in [5.41, 5.74) is 1.73. The van der Waals surface area contributed by atoms with E-state index in [1.165, 1.54) is 0 Å². The number of amides is 1. The third kappa shape index (κ3) is 3.55. The average Bonchev–Trinajstić information content (AvgIpc) is 3.00. The Morgan fingerprint density at radius 2 is 1.89 bits per heavy atom. The van der Waals surface area contributed by atoms with Gasteiger partial charge in [0.15, 0.2) is 10.6 Å². The van der Waals surface area contributed by atoms with Gasteiger partial charge in [-0.2, -0.15) is 5.10 Å². The van der Waals surface area contributed by atoms with Gasteiger partial charge in [0.25, 0.3) is 0 Å². The molecule has 1 saturated carbocycles. The lowest BCUT2D eigenvalue weighted by molar-refractivity contribution is -0.125. The van der Waals surface area contributed by atoms with Crippen LogP contribution < -0.4 is 5.32 Å². The number of aromatic nitrogens is 3. The van der Waals surface area contributed by atoms with Crippen LogP contribution in [0.3, 0.4) is 0 Å². The van der Waals surface area contributed by atoms with E-state index in [4.69, 9.17) is 23.8 Å². The molecule has 1 aromatic heterocycles. The van der Waals surface area contributed by atoms with Crippen LogP contribution in [0.2, 0.25) is 5.02 Å². The second kappa shape index (κ2) is 7.29. The molecular formula is C20H19ClN4OS. The van der Waals surface area contributed by atoms with E-state index in [2.05, 4.69) is 27.6 Å². The minimum Gasteiger partial charge on any atom is -0.345 e. The first-order valence-corrected chi connectivity index (χ1v) is 9.64. The van der Waals surface area contributed by atoms with Gasteiger partial charge in [-0.05, 0) is 61.3 Å². The number of hydrogen-bond acceptors (Lipinski definition) is 3. The van der Waals surface area contributed by atoms with Crippen molar-refractivity contribution in [3.8, 4) is 11.4 Å². The molecule has 7 heteroatoms. The third-order valence-electron chi connectivity index (χ3n) is 5.07. The van der Waals surface area contributed by atoms with E-state index in [0.29, 0.717) is 15.6 Å². The molecule has 1 fully saturated rings. The average molecular weight is 399 g/mol. The largest absolute Gasteiger partial charge is 0.345 e. The highest BCUT2D eigenvalue weighted by Crippen LogP contribution is 2.41. The van der Waals surface area contributed by atoms with Crippen LogP contribution in [-0.4, -0.2) is 20.7 Å². The number of rotatable bonds is 5. The first-order valence-electron chi connectivity index (χ1n) is 8.85. The Bertz CT molecular complexity index is 1010. The number of nitrogens with one attached hydrogen (secondary N) is 2. The van der Waals surface area contributed by atoms with Crippen molar-refractivity contribution in [3.05, 3.63) is 70.0 Å². The Morgan fingerprint density at radius 3 is 2.52 bits per heavy atom. The first-order chi connectivity index (χ1) is 13.1. The Kier molecular flexibility index (Phi) is 4.85. The summed E-state index contributed by atoms with van der Waals surface area (Å²) in [5.74, 6) is 0.542. The predicted molar refractivity (Wildman–Crippen MR) is 108 cm³/mol. The summed E-state index contributed by atoms with van der Waals surface area (Å²) in [6.45, 7) is 0.113. The number of benzene rings is 2. The molecule has 1 aliphatic carbocycles. The van der Waals surface area contributed by atoms with Crippen LogP contribution >= 0.6 is 23.8 Å². The molecule has 2 N–H and O–H groups in total. The van der Waals surface area contributed by atoms with Crippen LogP contribution in [0.1, 0.15) is 24.8 Å². The van der Waals surface area contributed by atoms with Gasteiger partial charge in [0.1, 0.15) is 6.54 Å². The summed E-state index contributed by atoms with van der Waals surface area (Å²) in [4.78, 5) is 12.8. The normalized spacial score (nSPS) is 15.1. The van der Waals surface area contributed by atoms with Gasteiger partial charge in [0.2, 0.25) is 5.91 Å². The van der Waals surface area contributed by atoms with Crippen molar-refractivity contribution >= 4 is 29.7 Å². The summed E-state index contributed by atoms with van der Waals surface area (Å²) >= 11 is 11.3. The van der Waals surface area contributed by atoms with Crippen molar-refractivity contribution in [1.82, 2.24) is 20.1 Å². The maximum atomic E-state index is 12.8. The Balaban J connectivity index is 1.56. The van der Waals surface area contributed by atoms with Crippen molar-refractivity contribution in [3.63, 3.8) is 0 Å². The van der Waals surface area contributed by atoms with Gasteiger partial charge in [-0.3, -0.25) is 14.5 Å². The smallest absolute Gasteiger partial charge is 0.240 e. The van der Waals surface area contributed by atoms with Crippen LogP contribution in [-0.2, 0) is 16.9 Å². The molecule has 27 heavy (non-hydrogen) atoms. The van der Waals surface area contributed by atoms with Crippen LogP contribution in [0.25, 0.3) is 11.4 Å². The highest BCUT2D eigenvalue weighted by molar-refractivity contribution is 7.71. The summed E-state index contributed by atoms with van der Waals surface area (Å²) in [7, 11) is 0. The van der Waals surface area contributed by atoms with E-state index in [1.807, 2.05) is 30.3 Å². The topological polar surface area (TPSA) is 62.7 Å². The monoisotopic (exact) mass is 398 g/mol. The zero-order valence-corrected chi connectivity index (χ0v) is 16.2. The SMILES string of the molecule is O=C(Cn1c(-c2ccc(Cl)cc2)n[nH]c1=S)NC1(c2ccccc2)CCC1. The molecule has 3 aromatic rings. The van der Waals surface area contributed by atoms with Crippen LogP contribution in [0.15, 0.2) is 54.6 Å². The van der Waals surface area contributed by atoms with Crippen molar-refractivity contribution in [1.29, 1.82) is 0 Å². The Labute approximate surface area is 167 Å². The minimum absolute atomic E-state index is 0.0775. The van der Waals surface area contributed by atoms with Crippen molar-refractivity contribution < 1.29 is 4.79 Å². The Morgan fingerprint density at radius 1 is 1.19 bits per heavy atom.